The summed E-state index contributed by atoms with van der Waals surface area (Å²) in [4.78, 5) is 26.1. The van der Waals surface area contributed by atoms with Crippen LogP contribution in [0.4, 0.5) is 15.0 Å². The van der Waals surface area contributed by atoms with Crippen molar-refractivity contribution in [3.63, 3.8) is 0 Å². The predicted molar refractivity (Wildman–Crippen MR) is 126 cm³/mol. The fourth-order valence-corrected chi connectivity index (χ4v) is 6.03. The van der Waals surface area contributed by atoms with E-state index in [4.69, 9.17) is 26.1 Å². The van der Waals surface area contributed by atoms with Gasteiger partial charge in [-0.15, -0.1) is 0 Å². The van der Waals surface area contributed by atoms with Gasteiger partial charge in [-0.05, 0) is 54.4 Å². The number of hydrogen-bond donors (Lipinski definition) is 1. The first-order valence-corrected chi connectivity index (χ1v) is 12.1. The zero-order valence-electron chi connectivity index (χ0n) is 20.2. The van der Waals surface area contributed by atoms with Crippen molar-refractivity contribution in [1.29, 1.82) is 0 Å². The maximum atomic E-state index is 15.4. The van der Waals surface area contributed by atoms with Crippen LogP contribution < -0.4 is 9.64 Å². The Hall–Kier alpha value is -2.39. The first-order valence-electron chi connectivity index (χ1n) is 11.7. The van der Waals surface area contributed by atoms with Crippen molar-refractivity contribution >= 4 is 34.3 Å². The van der Waals surface area contributed by atoms with E-state index < -0.39 is 23.6 Å². The van der Waals surface area contributed by atoms with Crippen molar-refractivity contribution in [2.24, 2.45) is 0 Å². The third-order valence-electron chi connectivity index (χ3n) is 7.00. The average molecular weight is 493 g/mol. The second kappa shape index (κ2) is 7.81. The summed E-state index contributed by atoms with van der Waals surface area (Å²) in [7, 11) is 0. The molecule has 2 fully saturated rings. The van der Waals surface area contributed by atoms with E-state index in [9.17, 15) is 9.90 Å². The van der Waals surface area contributed by atoms with Crippen LogP contribution >= 0.6 is 11.6 Å². The van der Waals surface area contributed by atoms with Gasteiger partial charge in [0.15, 0.2) is 11.0 Å². The van der Waals surface area contributed by atoms with E-state index in [1.54, 1.807) is 13.8 Å². The molecule has 0 aliphatic carbocycles. The summed E-state index contributed by atoms with van der Waals surface area (Å²) >= 11 is 6.17. The molecule has 1 N–H and O–H groups in total. The lowest BCUT2D eigenvalue weighted by Crippen LogP contribution is -2.65. The van der Waals surface area contributed by atoms with Gasteiger partial charge in [-0.2, -0.15) is 4.98 Å². The smallest absolute Gasteiger partial charge is 0.410 e. The minimum atomic E-state index is -0.959. The van der Waals surface area contributed by atoms with Crippen LogP contribution in [0, 0.1) is 12.7 Å². The van der Waals surface area contributed by atoms with Gasteiger partial charge in [-0.25, -0.2) is 14.2 Å². The SMILES string of the molecule is Cc1nc2c3c(nc(Cl)c(F)c3c1[C@H](C)O)O[C@@H](C)[C@@H]1[C@@H]3CC[C@H](CN21)N3C(=O)OC(C)(C)C. The van der Waals surface area contributed by atoms with E-state index in [-0.39, 0.29) is 40.6 Å². The van der Waals surface area contributed by atoms with Crippen molar-refractivity contribution in [1.82, 2.24) is 14.9 Å². The number of hydrogen-bond acceptors (Lipinski definition) is 7. The molecule has 0 unspecified atom stereocenters. The Morgan fingerprint density at radius 1 is 1.29 bits per heavy atom. The molecule has 0 aromatic carbocycles. The molecule has 2 saturated heterocycles. The fraction of sp³-hybridized carbons (Fsp3) is 0.625. The van der Waals surface area contributed by atoms with Crippen LogP contribution in [-0.2, 0) is 4.74 Å². The number of carbonyl (C=O) groups is 1. The van der Waals surface area contributed by atoms with Crippen LogP contribution in [-0.4, -0.2) is 62.4 Å². The Labute approximate surface area is 203 Å². The third kappa shape index (κ3) is 3.47. The highest BCUT2D eigenvalue weighted by atomic mass is 35.5. The number of aryl methyl sites for hydroxylation is 1. The van der Waals surface area contributed by atoms with Gasteiger partial charge in [0.05, 0.1) is 29.6 Å². The normalized spacial score (nSPS) is 26.7. The van der Waals surface area contributed by atoms with Gasteiger partial charge in [0.25, 0.3) is 0 Å². The highest BCUT2D eigenvalue weighted by Crippen LogP contribution is 2.47. The van der Waals surface area contributed by atoms with Gasteiger partial charge in [0.1, 0.15) is 17.5 Å². The molecule has 2 aromatic heterocycles. The molecule has 0 saturated carbocycles. The molecular weight excluding hydrogens is 463 g/mol. The first kappa shape index (κ1) is 23.4. The molecule has 2 bridgehead atoms. The highest BCUT2D eigenvalue weighted by Gasteiger charge is 2.53. The molecule has 1 amide bonds. The van der Waals surface area contributed by atoms with Gasteiger partial charge >= 0.3 is 6.09 Å². The summed E-state index contributed by atoms with van der Waals surface area (Å²) in [6, 6.07) is -0.467. The van der Waals surface area contributed by atoms with Crippen LogP contribution in [0.25, 0.3) is 10.8 Å². The number of piperazine rings is 1. The Bertz CT molecular complexity index is 1180. The molecule has 34 heavy (non-hydrogen) atoms. The largest absolute Gasteiger partial charge is 0.472 e. The van der Waals surface area contributed by atoms with Crippen LogP contribution in [0.3, 0.4) is 0 Å². The monoisotopic (exact) mass is 492 g/mol. The molecule has 5 rings (SSSR count). The molecular formula is C24H30ClFN4O4. The van der Waals surface area contributed by atoms with Gasteiger partial charge in [0, 0.05) is 23.2 Å². The summed E-state index contributed by atoms with van der Waals surface area (Å²) in [6.07, 6.45) is -0.0577. The van der Waals surface area contributed by atoms with Crippen LogP contribution in [0.1, 0.15) is 64.8 Å². The molecule has 184 valence electrons. The van der Waals surface area contributed by atoms with Crippen molar-refractivity contribution in [3.05, 3.63) is 22.2 Å². The number of carbonyl (C=O) groups excluding carboxylic acids is 1. The molecule has 10 heteroatoms. The summed E-state index contributed by atoms with van der Waals surface area (Å²) in [5.41, 5.74) is 0.279. The molecule has 0 spiro atoms. The lowest BCUT2D eigenvalue weighted by atomic mass is 9.97. The Balaban J connectivity index is 1.68. The number of aliphatic hydroxyl groups excluding tert-OH is 1. The predicted octanol–water partition coefficient (Wildman–Crippen LogP) is 4.52. The highest BCUT2D eigenvalue weighted by molar-refractivity contribution is 6.30. The molecule has 5 heterocycles. The van der Waals surface area contributed by atoms with E-state index in [0.717, 1.165) is 12.8 Å². The van der Waals surface area contributed by atoms with E-state index in [2.05, 4.69) is 9.88 Å². The minimum Gasteiger partial charge on any atom is -0.472 e. The maximum Gasteiger partial charge on any atom is 0.410 e. The summed E-state index contributed by atoms with van der Waals surface area (Å²) in [6.45, 7) is 11.3. The van der Waals surface area contributed by atoms with E-state index in [1.807, 2.05) is 32.6 Å². The van der Waals surface area contributed by atoms with Crippen LogP contribution in [0.2, 0.25) is 5.15 Å². The summed E-state index contributed by atoms with van der Waals surface area (Å²) < 4.78 is 27.4. The number of anilines is 1. The maximum absolute atomic E-state index is 15.4. The Morgan fingerprint density at radius 2 is 2.00 bits per heavy atom. The minimum absolute atomic E-state index is 0.0662. The van der Waals surface area contributed by atoms with E-state index >= 15 is 4.39 Å². The fourth-order valence-electron chi connectivity index (χ4n) is 5.86. The van der Waals surface area contributed by atoms with Gasteiger partial charge in [-0.3, -0.25) is 4.90 Å². The number of halogens is 2. The van der Waals surface area contributed by atoms with Crippen molar-refractivity contribution in [2.75, 3.05) is 11.4 Å². The number of nitrogens with zero attached hydrogens (tertiary/aromatic N) is 4. The lowest BCUT2D eigenvalue weighted by Gasteiger charge is -2.48. The number of aliphatic hydroxyl groups is 1. The quantitative estimate of drug-likeness (QED) is 0.585. The van der Waals surface area contributed by atoms with Gasteiger partial charge < -0.3 is 19.5 Å². The molecule has 3 aliphatic heterocycles. The Morgan fingerprint density at radius 3 is 2.65 bits per heavy atom. The number of amides is 1. The molecule has 8 nitrogen and oxygen atoms in total. The standard InChI is InChI=1S/C24H30ClFN4O4/c1-10-15(11(2)31)16-17-21(27-10)29-9-13-7-8-14(30(13)23(32)34-24(4,5)6)19(29)12(3)33-22(17)28-20(25)18(16)26/h11-14,19,31H,7-9H2,1-6H3/t11-,12-,13+,14-,19+/m0/s1. The summed E-state index contributed by atoms with van der Waals surface area (Å²) in [5.74, 6) is 0.0329. The number of rotatable bonds is 1. The zero-order chi connectivity index (χ0) is 24.7. The molecule has 2 aromatic rings. The first-order chi connectivity index (χ1) is 15.9. The van der Waals surface area contributed by atoms with Gasteiger partial charge in [-0.1, -0.05) is 11.6 Å². The second-order valence-electron chi connectivity index (χ2n) is 10.5. The van der Waals surface area contributed by atoms with E-state index in [1.165, 1.54) is 0 Å². The van der Waals surface area contributed by atoms with Crippen LogP contribution in [0.5, 0.6) is 5.88 Å². The Kier molecular flexibility index (Phi) is 5.37. The molecule has 3 aliphatic rings. The second-order valence-corrected chi connectivity index (χ2v) is 10.9. The number of pyridine rings is 2. The van der Waals surface area contributed by atoms with Crippen molar-refractivity contribution < 1.29 is 23.8 Å². The molecule has 5 atom stereocenters. The number of fused-ring (bicyclic) bond motifs is 5. The number of ether oxygens (including phenoxy) is 2. The zero-order valence-corrected chi connectivity index (χ0v) is 21.0. The lowest BCUT2D eigenvalue weighted by molar-refractivity contribution is 0.000951. The van der Waals surface area contributed by atoms with Crippen LogP contribution in [0.15, 0.2) is 0 Å². The van der Waals surface area contributed by atoms with Crippen molar-refractivity contribution in [2.45, 2.75) is 90.3 Å². The summed E-state index contributed by atoms with van der Waals surface area (Å²) in [5, 5.41) is 10.7. The average Bonchev–Trinajstić information content (AvgIpc) is 2.96. The van der Waals surface area contributed by atoms with E-state index in [0.29, 0.717) is 29.0 Å². The molecule has 0 radical (unpaired) electrons. The topological polar surface area (TPSA) is 88.0 Å². The van der Waals surface area contributed by atoms with Gasteiger partial charge in [0.2, 0.25) is 5.88 Å². The number of aromatic nitrogens is 2. The third-order valence-corrected chi connectivity index (χ3v) is 7.25. The van der Waals surface area contributed by atoms with Crippen molar-refractivity contribution in [3.8, 4) is 5.88 Å².